The maximum atomic E-state index is 13.4. The summed E-state index contributed by atoms with van der Waals surface area (Å²) in [5.74, 6) is 0. The molecule has 2 saturated carbocycles. The van der Waals surface area contributed by atoms with Gasteiger partial charge in [-0.05, 0) is 76.1 Å². The van der Waals surface area contributed by atoms with Crippen molar-refractivity contribution in [2.75, 3.05) is 6.54 Å². The molecule has 1 aliphatic heterocycles. The Hall–Kier alpha value is -3.13. The van der Waals surface area contributed by atoms with Gasteiger partial charge in [0.2, 0.25) is 0 Å². The van der Waals surface area contributed by atoms with Gasteiger partial charge in [0, 0.05) is 18.1 Å². The third kappa shape index (κ3) is 3.04. The van der Waals surface area contributed by atoms with Crippen LogP contribution in [0.5, 0.6) is 0 Å². The molecule has 0 N–H and O–H groups in total. The number of likely N-dealkylation sites (tertiary alicyclic amines) is 1. The van der Waals surface area contributed by atoms with Crippen LogP contribution in [0.25, 0.3) is 27.9 Å². The highest BCUT2D eigenvalue weighted by Crippen LogP contribution is 2.53. The van der Waals surface area contributed by atoms with Crippen LogP contribution in [0, 0.1) is 13.8 Å². The molecule has 0 amide bonds. The molecule has 34 heavy (non-hydrogen) atoms. The highest BCUT2D eigenvalue weighted by molar-refractivity contribution is 5.79. The molecule has 4 aromatic rings. The van der Waals surface area contributed by atoms with E-state index in [-0.39, 0.29) is 11.6 Å². The van der Waals surface area contributed by atoms with Crippen LogP contribution in [0.1, 0.15) is 62.2 Å². The molecule has 1 unspecified atom stereocenters. The van der Waals surface area contributed by atoms with Crippen molar-refractivity contribution in [3.05, 3.63) is 52.2 Å². The van der Waals surface area contributed by atoms with Gasteiger partial charge in [0.15, 0.2) is 5.65 Å². The topological polar surface area (TPSA) is 81.2 Å². The number of nitrogens with zero attached hydrogens (tertiary/aromatic N) is 7. The minimum absolute atomic E-state index is 0.0285. The summed E-state index contributed by atoms with van der Waals surface area (Å²) >= 11 is 0. The maximum absolute atomic E-state index is 13.4. The van der Waals surface area contributed by atoms with Crippen molar-refractivity contribution in [2.45, 2.75) is 76.4 Å². The number of pyridine rings is 1. The quantitative estimate of drug-likeness (QED) is 0.467. The van der Waals surface area contributed by atoms with E-state index in [0.29, 0.717) is 16.4 Å². The van der Waals surface area contributed by atoms with E-state index in [4.69, 9.17) is 4.98 Å². The number of hydrogen-bond donors (Lipinski definition) is 0. The molecule has 8 nitrogen and oxygen atoms in total. The highest BCUT2D eigenvalue weighted by atomic mass is 16.1. The van der Waals surface area contributed by atoms with Gasteiger partial charge in [-0.15, -0.1) is 0 Å². The number of piperidine rings is 1. The first-order chi connectivity index (χ1) is 16.5. The first-order valence-electron chi connectivity index (χ1n) is 12.5. The van der Waals surface area contributed by atoms with Crippen LogP contribution >= 0.6 is 0 Å². The fourth-order valence-electron chi connectivity index (χ4n) is 6.12. The minimum atomic E-state index is -0.0285. The average molecular weight is 456 g/mol. The molecule has 3 aliphatic rings. The molecule has 0 bridgehead atoms. The van der Waals surface area contributed by atoms with Gasteiger partial charge in [-0.3, -0.25) is 9.69 Å². The molecule has 7 rings (SSSR count). The summed E-state index contributed by atoms with van der Waals surface area (Å²) in [7, 11) is 0. The smallest absolute Gasteiger partial charge is 0.276 e. The van der Waals surface area contributed by atoms with E-state index < -0.39 is 0 Å². The first kappa shape index (κ1) is 20.3. The van der Waals surface area contributed by atoms with E-state index >= 15 is 0 Å². The summed E-state index contributed by atoms with van der Waals surface area (Å²) in [5, 5.41) is 9.93. The Balaban J connectivity index is 1.22. The molecule has 2 aliphatic carbocycles. The van der Waals surface area contributed by atoms with E-state index in [0.717, 1.165) is 53.7 Å². The Morgan fingerprint density at radius 1 is 1.03 bits per heavy atom. The molecule has 4 aromatic heterocycles. The molecular weight excluding hydrogens is 426 g/mol. The Labute approximate surface area is 197 Å². The minimum Gasteiger partial charge on any atom is -0.295 e. The van der Waals surface area contributed by atoms with Gasteiger partial charge in [0.25, 0.3) is 5.56 Å². The predicted octanol–water partition coefficient (Wildman–Crippen LogP) is 3.84. The lowest BCUT2D eigenvalue weighted by molar-refractivity contribution is 0.0169. The zero-order chi connectivity index (χ0) is 23.0. The van der Waals surface area contributed by atoms with Crippen molar-refractivity contribution < 1.29 is 0 Å². The van der Waals surface area contributed by atoms with Gasteiger partial charge in [-0.25, -0.2) is 19.2 Å². The summed E-state index contributed by atoms with van der Waals surface area (Å²) in [4.78, 5) is 25.5. The molecule has 5 heterocycles. The highest BCUT2D eigenvalue weighted by Gasteiger charge is 2.54. The van der Waals surface area contributed by atoms with Crippen molar-refractivity contribution >= 4 is 16.6 Å². The van der Waals surface area contributed by atoms with Gasteiger partial charge >= 0.3 is 0 Å². The summed E-state index contributed by atoms with van der Waals surface area (Å²) in [6.45, 7) is 5.07. The number of fused-ring (bicyclic) bond motifs is 2. The zero-order valence-corrected chi connectivity index (χ0v) is 19.7. The van der Waals surface area contributed by atoms with Crippen molar-refractivity contribution in [1.29, 1.82) is 0 Å². The van der Waals surface area contributed by atoms with Crippen LogP contribution in [-0.2, 0) is 0 Å². The Morgan fingerprint density at radius 2 is 1.88 bits per heavy atom. The van der Waals surface area contributed by atoms with E-state index in [1.807, 2.05) is 38.2 Å². The van der Waals surface area contributed by atoms with Crippen molar-refractivity contribution in [1.82, 2.24) is 34.3 Å². The molecule has 0 radical (unpaired) electrons. The van der Waals surface area contributed by atoms with Crippen LogP contribution in [0.2, 0.25) is 0 Å². The van der Waals surface area contributed by atoms with Gasteiger partial charge in [-0.2, -0.15) is 10.2 Å². The monoisotopic (exact) mass is 455 g/mol. The standard InChI is InChI=1S/C26H29N7O/c1-16-12-22(30-32-15-17(2)28-24(16)32)21-7-6-20-23(29-21)14-27-33(25(20)34)19-8-11-31(18-4-3-5-18)26(13-19)9-10-26/h6-7,12,14-15,18-19H,3-5,8-11,13H2,1-2H3. The van der Waals surface area contributed by atoms with Crippen LogP contribution in [-0.4, -0.2) is 52.4 Å². The largest absolute Gasteiger partial charge is 0.295 e. The van der Waals surface area contributed by atoms with Crippen LogP contribution < -0.4 is 5.56 Å². The van der Waals surface area contributed by atoms with Gasteiger partial charge in [-0.1, -0.05) is 6.42 Å². The van der Waals surface area contributed by atoms with E-state index in [2.05, 4.69) is 20.1 Å². The molecule has 1 atom stereocenters. The third-order valence-electron chi connectivity index (χ3n) is 8.28. The predicted molar refractivity (Wildman–Crippen MR) is 130 cm³/mol. The summed E-state index contributed by atoms with van der Waals surface area (Å²) in [6.07, 6.45) is 12.3. The van der Waals surface area contributed by atoms with Gasteiger partial charge < -0.3 is 0 Å². The maximum Gasteiger partial charge on any atom is 0.276 e. The number of rotatable bonds is 3. The number of hydrogen-bond acceptors (Lipinski definition) is 6. The van der Waals surface area contributed by atoms with E-state index in [1.54, 1.807) is 15.4 Å². The van der Waals surface area contributed by atoms with E-state index in [9.17, 15) is 4.79 Å². The molecule has 1 spiro atoms. The Morgan fingerprint density at radius 3 is 2.65 bits per heavy atom. The zero-order valence-electron chi connectivity index (χ0n) is 19.7. The van der Waals surface area contributed by atoms with Gasteiger partial charge in [0.1, 0.15) is 5.69 Å². The fraction of sp³-hybridized carbons (Fsp3) is 0.500. The van der Waals surface area contributed by atoms with Crippen molar-refractivity contribution in [3.8, 4) is 11.4 Å². The second kappa shape index (κ2) is 7.18. The second-order valence-electron chi connectivity index (χ2n) is 10.5. The van der Waals surface area contributed by atoms with Crippen molar-refractivity contribution in [3.63, 3.8) is 0 Å². The van der Waals surface area contributed by atoms with Crippen LogP contribution in [0.4, 0.5) is 0 Å². The SMILES string of the molecule is Cc1cn2nc(-c3ccc4c(=O)n(C5CCN(C6CCC6)C6(CC6)C5)ncc4n3)cc(C)c2n1. The second-order valence-corrected chi connectivity index (χ2v) is 10.5. The van der Waals surface area contributed by atoms with Crippen LogP contribution in [0.3, 0.4) is 0 Å². The lowest BCUT2D eigenvalue weighted by Crippen LogP contribution is -2.53. The van der Waals surface area contributed by atoms with Gasteiger partial charge in [0.05, 0.1) is 40.7 Å². The Bertz CT molecular complexity index is 1490. The molecule has 8 heteroatoms. The molecule has 1 saturated heterocycles. The molecule has 174 valence electrons. The molecular formula is C26H29N7O. The lowest BCUT2D eigenvalue weighted by Gasteiger charge is -2.48. The Kier molecular flexibility index (Phi) is 4.28. The van der Waals surface area contributed by atoms with Crippen molar-refractivity contribution in [2.24, 2.45) is 0 Å². The summed E-state index contributed by atoms with van der Waals surface area (Å²) in [6, 6.07) is 6.72. The number of aryl methyl sites for hydroxylation is 2. The number of imidazole rings is 1. The summed E-state index contributed by atoms with van der Waals surface area (Å²) in [5.41, 5.74) is 5.21. The normalized spacial score (nSPS) is 22.5. The van der Waals surface area contributed by atoms with E-state index in [1.165, 1.54) is 32.1 Å². The fourth-order valence-corrected chi connectivity index (χ4v) is 6.12. The first-order valence-corrected chi connectivity index (χ1v) is 12.5. The number of aromatic nitrogens is 6. The molecule has 3 fully saturated rings. The molecule has 0 aromatic carbocycles. The lowest BCUT2D eigenvalue weighted by atomic mass is 9.85. The third-order valence-corrected chi connectivity index (χ3v) is 8.28. The average Bonchev–Trinajstić information content (AvgIpc) is 3.44. The van der Waals surface area contributed by atoms with Crippen LogP contribution in [0.15, 0.2) is 35.4 Å². The summed E-state index contributed by atoms with van der Waals surface area (Å²) < 4.78 is 3.54.